The zero-order valence-electron chi connectivity index (χ0n) is 11.3. The van der Waals surface area contributed by atoms with Gasteiger partial charge in [-0.1, -0.05) is 6.07 Å². The first-order valence-electron chi connectivity index (χ1n) is 6.64. The molecule has 106 valence electrons. The van der Waals surface area contributed by atoms with Gasteiger partial charge in [-0.3, -0.25) is 4.90 Å². The smallest absolute Gasteiger partial charge is 0.121 e. The van der Waals surface area contributed by atoms with Crippen LogP contribution >= 0.6 is 0 Å². The van der Waals surface area contributed by atoms with Crippen molar-refractivity contribution < 1.29 is 14.6 Å². The summed E-state index contributed by atoms with van der Waals surface area (Å²) in [6, 6.07) is 7.79. The second kappa shape index (κ2) is 6.75. The number of nitrogens with two attached hydrogens (primary N) is 1. The van der Waals surface area contributed by atoms with E-state index >= 15 is 0 Å². The van der Waals surface area contributed by atoms with E-state index in [0.29, 0.717) is 24.9 Å². The van der Waals surface area contributed by atoms with Gasteiger partial charge in [0.05, 0.1) is 19.3 Å². The molecule has 2 unspecified atom stereocenters. The van der Waals surface area contributed by atoms with Gasteiger partial charge in [0.2, 0.25) is 0 Å². The number of hydrogen-bond donors (Lipinski definition) is 2. The van der Waals surface area contributed by atoms with Crippen LogP contribution in [0.1, 0.15) is 6.92 Å². The molecule has 1 fully saturated rings. The third kappa shape index (κ3) is 4.09. The number of nitrogen functional groups attached to an aromatic ring is 1. The Morgan fingerprint density at radius 3 is 3.11 bits per heavy atom. The summed E-state index contributed by atoms with van der Waals surface area (Å²) in [7, 11) is 0. The average molecular weight is 266 g/mol. The third-order valence-electron chi connectivity index (χ3n) is 3.34. The van der Waals surface area contributed by atoms with Crippen molar-refractivity contribution in [1.82, 2.24) is 4.90 Å². The predicted octanol–water partition coefficient (Wildman–Crippen LogP) is 0.729. The summed E-state index contributed by atoms with van der Waals surface area (Å²) in [5.41, 5.74) is 6.40. The van der Waals surface area contributed by atoms with E-state index in [1.165, 1.54) is 0 Å². The summed E-state index contributed by atoms with van der Waals surface area (Å²) in [4.78, 5) is 2.27. The summed E-state index contributed by atoms with van der Waals surface area (Å²) in [6.07, 6.45) is -0.0800. The quantitative estimate of drug-likeness (QED) is 0.769. The van der Waals surface area contributed by atoms with E-state index in [-0.39, 0.29) is 12.7 Å². The van der Waals surface area contributed by atoms with Crippen molar-refractivity contribution >= 4 is 5.69 Å². The summed E-state index contributed by atoms with van der Waals surface area (Å²) in [5, 5.41) is 9.13. The number of hydrogen-bond acceptors (Lipinski definition) is 5. The highest BCUT2D eigenvalue weighted by Gasteiger charge is 2.25. The lowest BCUT2D eigenvalue weighted by atomic mass is 10.2. The molecule has 0 aromatic heterocycles. The molecular formula is C14H22N2O3. The van der Waals surface area contributed by atoms with Gasteiger partial charge >= 0.3 is 0 Å². The molecule has 1 aliphatic heterocycles. The highest BCUT2D eigenvalue weighted by Crippen LogP contribution is 2.15. The van der Waals surface area contributed by atoms with Crippen molar-refractivity contribution in [2.45, 2.75) is 19.1 Å². The molecule has 0 bridgehead atoms. The van der Waals surface area contributed by atoms with Crippen LogP contribution in [0.3, 0.4) is 0 Å². The van der Waals surface area contributed by atoms with Gasteiger partial charge in [0.15, 0.2) is 0 Å². The molecule has 1 heterocycles. The minimum atomic E-state index is -0.0800. The van der Waals surface area contributed by atoms with E-state index in [4.69, 9.17) is 20.3 Å². The monoisotopic (exact) mass is 266 g/mol. The van der Waals surface area contributed by atoms with Gasteiger partial charge in [-0.2, -0.15) is 0 Å². The lowest BCUT2D eigenvalue weighted by Crippen LogP contribution is -2.50. The maximum absolute atomic E-state index is 9.13. The molecule has 1 saturated heterocycles. The van der Waals surface area contributed by atoms with E-state index in [1.807, 2.05) is 24.3 Å². The second-order valence-corrected chi connectivity index (χ2v) is 4.90. The van der Waals surface area contributed by atoms with Crippen LogP contribution in [-0.4, -0.2) is 55.1 Å². The number of rotatable bonds is 5. The van der Waals surface area contributed by atoms with Crippen molar-refractivity contribution in [3.05, 3.63) is 24.3 Å². The lowest BCUT2D eigenvalue weighted by molar-refractivity contribution is -0.0798. The second-order valence-electron chi connectivity index (χ2n) is 4.90. The van der Waals surface area contributed by atoms with Crippen molar-refractivity contribution in [2.75, 3.05) is 38.6 Å². The summed E-state index contributed by atoms with van der Waals surface area (Å²) in [5.74, 6) is 0.791. The fourth-order valence-corrected chi connectivity index (χ4v) is 2.18. The maximum Gasteiger partial charge on any atom is 0.121 e. The first-order valence-corrected chi connectivity index (χ1v) is 6.64. The van der Waals surface area contributed by atoms with Gasteiger partial charge in [-0.15, -0.1) is 0 Å². The van der Waals surface area contributed by atoms with Crippen LogP contribution in [-0.2, 0) is 4.74 Å². The lowest BCUT2D eigenvalue weighted by Gasteiger charge is -2.37. The molecule has 0 aliphatic carbocycles. The van der Waals surface area contributed by atoms with Crippen LogP contribution in [0, 0.1) is 0 Å². The fraction of sp³-hybridized carbons (Fsp3) is 0.571. The van der Waals surface area contributed by atoms with E-state index in [1.54, 1.807) is 0 Å². The zero-order chi connectivity index (χ0) is 13.7. The summed E-state index contributed by atoms with van der Waals surface area (Å²) < 4.78 is 11.2. The van der Waals surface area contributed by atoms with Gasteiger partial charge in [0.25, 0.3) is 0 Å². The van der Waals surface area contributed by atoms with Crippen molar-refractivity contribution in [2.24, 2.45) is 0 Å². The summed E-state index contributed by atoms with van der Waals surface area (Å²) >= 11 is 0. The number of morpholine rings is 1. The molecule has 0 amide bonds. The number of nitrogens with zero attached hydrogens (tertiary/aromatic N) is 1. The Bertz CT molecular complexity index is 400. The molecule has 2 rings (SSSR count). The molecule has 1 aliphatic rings. The standard InChI is InChI=1S/C14H22N2O3/c1-11-10-19-14(9-17)8-16(11)5-6-18-13-4-2-3-12(15)7-13/h2-4,7,11,14,17H,5-6,8-10,15H2,1H3. The van der Waals surface area contributed by atoms with E-state index in [2.05, 4.69) is 11.8 Å². The fourth-order valence-electron chi connectivity index (χ4n) is 2.18. The first-order chi connectivity index (χ1) is 9.19. The van der Waals surface area contributed by atoms with Crippen LogP contribution in [0.2, 0.25) is 0 Å². The SMILES string of the molecule is CC1COC(CO)CN1CCOc1cccc(N)c1. The van der Waals surface area contributed by atoms with Crippen molar-refractivity contribution in [3.8, 4) is 5.75 Å². The van der Waals surface area contributed by atoms with Gasteiger partial charge in [0.1, 0.15) is 12.4 Å². The Balaban J connectivity index is 1.78. The molecule has 0 saturated carbocycles. The van der Waals surface area contributed by atoms with Crippen molar-refractivity contribution in [3.63, 3.8) is 0 Å². The predicted molar refractivity (Wildman–Crippen MR) is 74.2 cm³/mol. The molecule has 19 heavy (non-hydrogen) atoms. The van der Waals surface area contributed by atoms with Gasteiger partial charge < -0.3 is 20.3 Å². The molecular weight excluding hydrogens is 244 g/mol. The van der Waals surface area contributed by atoms with E-state index in [9.17, 15) is 0 Å². The van der Waals surface area contributed by atoms with Crippen LogP contribution in [0.4, 0.5) is 5.69 Å². The molecule has 1 aromatic rings. The zero-order valence-corrected chi connectivity index (χ0v) is 11.3. The van der Waals surface area contributed by atoms with Crippen LogP contribution in [0.5, 0.6) is 5.75 Å². The number of aliphatic hydroxyl groups is 1. The van der Waals surface area contributed by atoms with Crippen LogP contribution in [0.25, 0.3) is 0 Å². The molecule has 3 N–H and O–H groups in total. The van der Waals surface area contributed by atoms with Gasteiger partial charge in [-0.05, 0) is 19.1 Å². The third-order valence-corrected chi connectivity index (χ3v) is 3.34. The molecule has 5 heteroatoms. The molecule has 1 aromatic carbocycles. The van der Waals surface area contributed by atoms with E-state index < -0.39 is 0 Å². The molecule has 0 radical (unpaired) electrons. The largest absolute Gasteiger partial charge is 0.492 e. The number of benzene rings is 1. The Hall–Kier alpha value is -1.30. The van der Waals surface area contributed by atoms with Crippen LogP contribution in [0.15, 0.2) is 24.3 Å². The Morgan fingerprint density at radius 1 is 1.53 bits per heavy atom. The Labute approximate surface area is 113 Å². The minimum Gasteiger partial charge on any atom is -0.492 e. The highest BCUT2D eigenvalue weighted by atomic mass is 16.5. The van der Waals surface area contributed by atoms with E-state index in [0.717, 1.165) is 18.8 Å². The number of ether oxygens (including phenoxy) is 2. The molecule has 5 nitrogen and oxygen atoms in total. The first kappa shape index (κ1) is 14.1. The Morgan fingerprint density at radius 2 is 2.37 bits per heavy atom. The molecule has 0 spiro atoms. The van der Waals surface area contributed by atoms with Crippen molar-refractivity contribution in [1.29, 1.82) is 0 Å². The Kier molecular flexibility index (Phi) is 5.01. The minimum absolute atomic E-state index is 0.0687. The normalized spacial score (nSPS) is 24.3. The van der Waals surface area contributed by atoms with Crippen LogP contribution < -0.4 is 10.5 Å². The number of anilines is 1. The topological polar surface area (TPSA) is 68.0 Å². The maximum atomic E-state index is 9.13. The average Bonchev–Trinajstić information content (AvgIpc) is 2.41. The highest BCUT2D eigenvalue weighted by molar-refractivity contribution is 5.43. The van der Waals surface area contributed by atoms with Gasteiger partial charge in [0, 0.05) is 30.9 Å². The molecule has 2 atom stereocenters. The number of aliphatic hydroxyl groups excluding tert-OH is 1. The summed E-state index contributed by atoms with van der Waals surface area (Å²) in [6.45, 7) is 5.01. The van der Waals surface area contributed by atoms with Gasteiger partial charge in [-0.25, -0.2) is 0 Å².